The van der Waals surface area contributed by atoms with Gasteiger partial charge in [-0.25, -0.2) is 9.97 Å². The predicted octanol–water partition coefficient (Wildman–Crippen LogP) is 7.44. The zero-order chi connectivity index (χ0) is 23.7. The fraction of sp³-hybridized carbons (Fsp3) is 0.120. The number of fused-ring (bicyclic) bond motifs is 6. The zero-order valence-corrected chi connectivity index (χ0v) is 21.8. The second-order valence-electron chi connectivity index (χ2n) is 8.08. The Morgan fingerprint density at radius 2 is 1.32 bits per heavy atom. The third-order valence-corrected chi connectivity index (χ3v) is 5.70. The topological polar surface area (TPSA) is 60.6 Å². The number of H-pyrrole nitrogens is 2. The van der Waals surface area contributed by atoms with Crippen LogP contribution in [-0.2, 0) is 24.5 Å². The zero-order valence-electron chi connectivity index (χ0n) is 18.2. The molecule has 0 aliphatic rings. The Morgan fingerprint density at radius 1 is 0.735 bits per heavy atom. The van der Waals surface area contributed by atoms with Gasteiger partial charge in [-0.05, 0) is 30.0 Å². The van der Waals surface area contributed by atoms with Crippen molar-refractivity contribution in [3.8, 4) is 0 Å². The molecule has 0 bridgehead atoms. The summed E-state index contributed by atoms with van der Waals surface area (Å²) >= 11 is -1.62. The molecule has 0 atom stereocenters. The third kappa shape index (κ3) is 5.04. The Hall–Kier alpha value is -2.30. The molecule has 0 unspecified atom stereocenters. The Balaban J connectivity index is 0.000000560. The molecule has 0 fully saturated rings. The van der Waals surface area contributed by atoms with E-state index in [1.54, 1.807) is 0 Å². The molecule has 0 spiro atoms. The molecule has 0 radical (unpaired) electrons. The van der Waals surface area contributed by atoms with Gasteiger partial charge < -0.3 is 9.97 Å². The van der Waals surface area contributed by atoms with E-state index >= 15 is 0 Å². The predicted molar refractivity (Wildman–Crippen MR) is 140 cm³/mol. The van der Waals surface area contributed by atoms with Crippen molar-refractivity contribution in [2.45, 2.75) is 13.1 Å². The van der Waals surface area contributed by atoms with E-state index in [1.165, 1.54) is 21.5 Å². The number of benzene rings is 4. The minimum absolute atomic E-state index is 0.723. The first kappa shape index (κ1) is 23.4. The monoisotopic (exact) mass is 548 g/mol. The first-order valence-corrected chi connectivity index (χ1v) is 15.9. The number of aromatic nitrogens is 4. The molecule has 0 aliphatic heterocycles. The maximum absolute atomic E-state index is 4.93. The van der Waals surface area contributed by atoms with E-state index in [9.17, 15) is 0 Å². The second kappa shape index (κ2) is 10.1. The molecule has 0 amide bonds. The Labute approximate surface area is 213 Å². The number of hydrogen-bond donors (Lipinski definition) is 2. The molecule has 4 aromatic carbocycles. The van der Waals surface area contributed by atoms with Crippen molar-refractivity contribution in [2.24, 2.45) is 0 Å². The molecular formula is C25H21Cl3CrN5+. The minimum atomic E-state index is -1.62. The van der Waals surface area contributed by atoms with Gasteiger partial charge in [0.2, 0.25) is 0 Å². The van der Waals surface area contributed by atoms with E-state index in [4.69, 9.17) is 40.1 Å². The van der Waals surface area contributed by atoms with Gasteiger partial charge in [-0.3, -0.25) is 4.90 Å². The summed E-state index contributed by atoms with van der Waals surface area (Å²) < 4.78 is 0. The Morgan fingerprint density at radius 3 is 2.06 bits per heavy atom. The molecule has 6 aromatic rings. The van der Waals surface area contributed by atoms with E-state index in [2.05, 4.69) is 94.7 Å². The fourth-order valence-electron chi connectivity index (χ4n) is 4.31. The molecular weight excluding hydrogens is 529 g/mol. The molecule has 172 valence electrons. The fourth-order valence-corrected chi connectivity index (χ4v) is 4.31. The summed E-state index contributed by atoms with van der Waals surface area (Å²) in [4.78, 5) is 18.9. The molecule has 2 heterocycles. The Kier molecular flexibility index (Phi) is 6.99. The number of rotatable bonds is 4. The Bertz CT molecular complexity index is 1480. The van der Waals surface area contributed by atoms with Gasteiger partial charge in [-0.1, -0.05) is 60.7 Å². The molecule has 5 nitrogen and oxygen atoms in total. The standard InChI is InChI=1S/C25H21N5.3ClH.Cr/c1-30(14-22-26-20-12-10-16-6-2-4-8-18(16)24(20)28-22)15-23-27-21-13-11-17-7-3-5-9-19(17)25(21)29-23;;;;/h2-13H,14-15H2,1H3,(H,26,28)(H,27,29);3*1H;/q;;;;+4/p-3. The summed E-state index contributed by atoms with van der Waals surface area (Å²) in [5.74, 6) is 1.93. The van der Waals surface area contributed by atoms with Gasteiger partial charge in [0.1, 0.15) is 11.6 Å². The van der Waals surface area contributed by atoms with E-state index in [-0.39, 0.29) is 0 Å². The average molecular weight is 550 g/mol. The summed E-state index contributed by atoms with van der Waals surface area (Å²) in [5.41, 5.74) is 4.22. The summed E-state index contributed by atoms with van der Waals surface area (Å²) in [6.07, 6.45) is 0. The van der Waals surface area contributed by atoms with Gasteiger partial charge in [0.25, 0.3) is 0 Å². The van der Waals surface area contributed by atoms with Gasteiger partial charge in [-0.15, -0.1) is 0 Å². The number of aromatic amines is 2. The van der Waals surface area contributed by atoms with Gasteiger partial charge >= 0.3 is 41.5 Å². The van der Waals surface area contributed by atoms with Crippen LogP contribution in [-0.4, -0.2) is 31.9 Å². The number of imidazole rings is 2. The summed E-state index contributed by atoms with van der Waals surface area (Å²) in [6, 6.07) is 25.3. The van der Waals surface area contributed by atoms with Crippen molar-refractivity contribution in [3.05, 3.63) is 84.4 Å². The van der Waals surface area contributed by atoms with Crippen LogP contribution in [0.25, 0.3) is 43.6 Å². The van der Waals surface area contributed by atoms with Crippen molar-refractivity contribution < 1.29 is 11.4 Å². The SMILES string of the molecule is CN(Cc1nc2c(ccc3ccccc32)[nH]1)Cc1nc2ccc3ccccc3c2[nH]1.[Cl][Cr+]([Cl])[Cl]. The summed E-state index contributed by atoms with van der Waals surface area (Å²) in [6.45, 7) is 1.45. The number of hydrogen-bond acceptors (Lipinski definition) is 3. The molecule has 34 heavy (non-hydrogen) atoms. The van der Waals surface area contributed by atoms with E-state index in [0.717, 1.165) is 46.8 Å². The second-order valence-corrected chi connectivity index (χ2v) is 14.4. The van der Waals surface area contributed by atoms with Gasteiger partial charge in [0.05, 0.1) is 35.2 Å². The quantitative estimate of drug-likeness (QED) is 0.240. The van der Waals surface area contributed by atoms with Crippen molar-refractivity contribution in [1.82, 2.24) is 24.8 Å². The van der Waals surface area contributed by atoms with E-state index in [0.29, 0.717) is 0 Å². The van der Waals surface area contributed by atoms with E-state index in [1.807, 2.05) is 0 Å². The first-order chi connectivity index (χ1) is 16.5. The molecule has 0 aliphatic carbocycles. The van der Waals surface area contributed by atoms with Crippen LogP contribution in [0.1, 0.15) is 11.6 Å². The number of nitrogens with one attached hydrogen (secondary N) is 2. The molecule has 6 rings (SSSR count). The van der Waals surface area contributed by atoms with Crippen LogP contribution in [0.4, 0.5) is 0 Å². The molecule has 0 saturated carbocycles. The van der Waals surface area contributed by atoms with Crippen LogP contribution in [0.2, 0.25) is 0 Å². The first-order valence-electron chi connectivity index (χ1n) is 10.6. The van der Waals surface area contributed by atoms with Crippen LogP contribution >= 0.6 is 30.1 Å². The summed E-state index contributed by atoms with van der Waals surface area (Å²) in [7, 11) is 16.9. The maximum atomic E-state index is 4.93. The molecule has 2 N–H and O–H groups in total. The van der Waals surface area contributed by atoms with Crippen LogP contribution in [0, 0.1) is 0 Å². The van der Waals surface area contributed by atoms with Gasteiger partial charge in [-0.2, -0.15) is 0 Å². The summed E-state index contributed by atoms with van der Waals surface area (Å²) in [5, 5.41) is 4.83. The molecule has 0 saturated heterocycles. The van der Waals surface area contributed by atoms with Gasteiger partial charge in [0.15, 0.2) is 0 Å². The van der Waals surface area contributed by atoms with Crippen LogP contribution < -0.4 is 0 Å². The molecule has 9 heteroatoms. The number of halogens is 3. The van der Waals surface area contributed by atoms with Crippen LogP contribution in [0.3, 0.4) is 0 Å². The normalized spacial score (nSPS) is 11.7. The van der Waals surface area contributed by atoms with E-state index < -0.39 is 11.4 Å². The van der Waals surface area contributed by atoms with Crippen molar-refractivity contribution in [3.63, 3.8) is 0 Å². The average Bonchev–Trinajstić information content (AvgIpc) is 3.42. The van der Waals surface area contributed by atoms with Crippen molar-refractivity contribution in [2.75, 3.05) is 7.05 Å². The van der Waals surface area contributed by atoms with Gasteiger partial charge in [0, 0.05) is 10.8 Å². The van der Waals surface area contributed by atoms with Crippen LogP contribution in [0.5, 0.6) is 0 Å². The van der Waals surface area contributed by atoms with Crippen molar-refractivity contribution >= 4 is 73.8 Å². The van der Waals surface area contributed by atoms with Crippen LogP contribution in [0.15, 0.2) is 72.8 Å². The third-order valence-electron chi connectivity index (χ3n) is 5.70. The van der Waals surface area contributed by atoms with Crippen molar-refractivity contribution in [1.29, 1.82) is 0 Å². The molecule has 2 aromatic heterocycles. The number of nitrogens with zero attached hydrogens (tertiary/aromatic N) is 3.